The fourth-order valence-electron chi connectivity index (χ4n) is 2.04. The van der Waals surface area contributed by atoms with E-state index in [4.69, 9.17) is 4.74 Å². The van der Waals surface area contributed by atoms with Gasteiger partial charge >= 0.3 is 0 Å². The van der Waals surface area contributed by atoms with Gasteiger partial charge in [0.05, 0.1) is 6.61 Å². The van der Waals surface area contributed by atoms with Gasteiger partial charge in [-0.1, -0.05) is 13.8 Å². The maximum Gasteiger partial charge on any atom is 0.0630 e. The third-order valence-corrected chi connectivity index (χ3v) is 4.30. The summed E-state index contributed by atoms with van der Waals surface area (Å²) in [4.78, 5) is 2.40. The number of methoxy groups -OCH3 is 1. The van der Waals surface area contributed by atoms with Crippen molar-refractivity contribution in [2.45, 2.75) is 19.9 Å². The molecule has 0 saturated carbocycles. The lowest BCUT2D eigenvalue weighted by atomic mass is 10.2. The van der Waals surface area contributed by atoms with Crippen LogP contribution in [-0.2, 0) is 15.5 Å². The van der Waals surface area contributed by atoms with E-state index in [9.17, 15) is 4.21 Å². The minimum absolute atomic E-state index is 0.413. The Bertz CT molecular complexity index is 227. The molecular weight excluding hydrogens is 236 g/mol. The largest absolute Gasteiger partial charge is 0.383 e. The molecule has 0 aliphatic carbocycles. The first kappa shape index (κ1) is 15.1. The molecule has 1 fully saturated rings. The van der Waals surface area contributed by atoms with Gasteiger partial charge in [-0.2, -0.15) is 0 Å². The minimum Gasteiger partial charge on any atom is -0.383 e. The number of nitrogens with one attached hydrogen (secondary N) is 1. The topological polar surface area (TPSA) is 41.6 Å². The molecule has 1 aliphatic rings. The lowest BCUT2D eigenvalue weighted by molar-refractivity contribution is 0.0946. The van der Waals surface area contributed by atoms with Gasteiger partial charge in [-0.05, 0) is 12.5 Å². The molecule has 1 N–H and O–H groups in total. The summed E-state index contributed by atoms with van der Waals surface area (Å²) in [7, 11) is 1.15. The third kappa shape index (κ3) is 5.95. The SMILES string of the molecule is COCC(CNCC(C)C)N1CCS(=O)CC1. The zero-order chi connectivity index (χ0) is 12.7. The predicted octanol–water partition coefficient (Wildman–Crippen LogP) is 0.311. The molecule has 1 unspecified atom stereocenters. The number of hydrogen-bond acceptors (Lipinski definition) is 4. The van der Waals surface area contributed by atoms with Crippen molar-refractivity contribution in [1.29, 1.82) is 0 Å². The Kier molecular flexibility index (Phi) is 7.27. The smallest absolute Gasteiger partial charge is 0.0630 e. The average molecular weight is 262 g/mol. The fraction of sp³-hybridized carbons (Fsp3) is 1.00. The van der Waals surface area contributed by atoms with E-state index in [1.165, 1.54) is 0 Å². The van der Waals surface area contributed by atoms with Crippen molar-refractivity contribution in [3.8, 4) is 0 Å². The molecule has 1 saturated heterocycles. The van der Waals surface area contributed by atoms with Gasteiger partial charge in [-0.15, -0.1) is 0 Å². The van der Waals surface area contributed by atoms with Crippen molar-refractivity contribution in [3.05, 3.63) is 0 Å². The number of rotatable bonds is 7. The Hall–Kier alpha value is 0.0300. The van der Waals surface area contributed by atoms with Crippen LogP contribution in [-0.4, -0.2) is 66.6 Å². The van der Waals surface area contributed by atoms with Crippen LogP contribution >= 0.6 is 0 Å². The second-order valence-corrected chi connectivity index (χ2v) is 6.74. The molecule has 0 aromatic carbocycles. The summed E-state index contributed by atoms with van der Waals surface area (Å²) >= 11 is 0. The van der Waals surface area contributed by atoms with Crippen LogP contribution in [0.25, 0.3) is 0 Å². The second kappa shape index (κ2) is 8.19. The molecule has 1 heterocycles. The summed E-state index contributed by atoms with van der Waals surface area (Å²) in [5.74, 6) is 2.29. The van der Waals surface area contributed by atoms with Crippen molar-refractivity contribution in [2.24, 2.45) is 5.92 Å². The standard InChI is InChI=1S/C12H26N2O2S/c1-11(2)8-13-9-12(10-16-3)14-4-6-17(15)7-5-14/h11-13H,4-10H2,1-3H3. The van der Waals surface area contributed by atoms with E-state index in [1.807, 2.05) is 0 Å². The van der Waals surface area contributed by atoms with Crippen LogP contribution in [0.3, 0.4) is 0 Å². The second-order valence-electron chi connectivity index (χ2n) is 5.05. The van der Waals surface area contributed by atoms with E-state index in [2.05, 4.69) is 24.1 Å². The van der Waals surface area contributed by atoms with Gasteiger partial charge in [0.25, 0.3) is 0 Å². The summed E-state index contributed by atoms with van der Waals surface area (Å²) in [6.07, 6.45) is 0. The van der Waals surface area contributed by atoms with Crippen molar-refractivity contribution in [3.63, 3.8) is 0 Å². The summed E-state index contributed by atoms with van der Waals surface area (Å²) in [5, 5.41) is 3.48. The number of nitrogens with zero attached hydrogens (tertiary/aromatic N) is 1. The van der Waals surface area contributed by atoms with Crippen LogP contribution in [0.4, 0.5) is 0 Å². The Morgan fingerprint density at radius 1 is 1.29 bits per heavy atom. The molecule has 0 aromatic heterocycles. The third-order valence-electron chi connectivity index (χ3n) is 3.02. The Morgan fingerprint density at radius 3 is 2.47 bits per heavy atom. The van der Waals surface area contributed by atoms with Gasteiger partial charge in [0, 0.05) is 55.1 Å². The van der Waals surface area contributed by atoms with Crippen LogP contribution in [0.1, 0.15) is 13.8 Å². The zero-order valence-electron chi connectivity index (χ0n) is 11.3. The van der Waals surface area contributed by atoms with Gasteiger partial charge < -0.3 is 10.1 Å². The van der Waals surface area contributed by atoms with E-state index in [0.717, 1.165) is 44.3 Å². The molecule has 0 radical (unpaired) electrons. The van der Waals surface area contributed by atoms with Crippen LogP contribution < -0.4 is 5.32 Å². The quantitative estimate of drug-likeness (QED) is 0.717. The van der Waals surface area contributed by atoms with Crippen molar-refractivity contribution in [2.75, 3.05) is 51.4 Å². The molecule has 5 heteroatoms. The number of ether oxygens (including phenoxy) is 1. The first-order valence-electron chi connectivity index (χ1n) is 6.42. The molecular formula is C12H26N2O2S. The van der Waals surface area contributed by atoms with E-state index < -0.39 is 10.8 Å². The maximum atomic E-state index is 11.3. The highest BCUT2D eigenvalue weighted by Gasteiger charge is 2.22. The van der Waals surface area contributed by atoms with Gasteiger partial charge in [0.2, 0.25) is 0 Å². The molecule has 1 aliphatic heterocycles. The minimum atomic E-state index is -0.597. The Labute approximate surface area is 108 Å². The van der Waals surface area contributed by atoms with Crippen LogP contribution in [0, 0.1) is 5.92 Å². The first-order chi connectivity index (χ1) is 8.13. The first-order valence-corrected chi connectivity index (χ1v) is 7.91. The molecule has 102 valence electrons. The molecule has 0 amide bonds. The molecule has 0 aromatic rings. The molecule has 1 atom stereocenters. The Morgan fingerprint density at radius 2 is 1.94 bits per heavy atom. The Balaban J connectivity index is 2.33. The molecule has 1 rings (SSSR count). The van der Waals surface area contributed by atoms with Gasteiger partial charge in [-0.25, -0.2) is 0 Å². The van der Waals surface area contributed by atoms with Crippen molar-refractivity contribution in [1.82, 2.24) is 10.2 Å². The average Bonchev–Trinajstić information content (AvgIpc) is 2.29. The zero-order valence-corrected chi connectivity index (χ0v) is 12.1. The summed E-state index contributed by atoms with van der Waals surface area (Å²) in [5.41, 5.74) is 0. The normalized spacial score (nSPS) is 20.9. The van der Waals surface area contributed by atoms with Gasteiger partial charge in [0.1, 0.15) is 0 Å². The summed E-state index contributed by atoms with van der Waals surface area (Å²) < 4.78 is 16.6. The van der Waals surface area contributed by atoms with Crippen LogP contribution in [0.15, 0.2) is 0 Å². The summed E-state index contributed by atoms with van der Waals surface area (Å²) in [6.45, 7) is 9.04. The van der Waals surface area contributed by atoms with Gasteiger partial charge in [0.15, 0.2) is 0 Å². The predicted molar refractivity (Wildman–Crippen MR) is 72.8 cm³/mol. The van der Waals surface area contributed by atoms with Gasteiger partial charge in [-0.3, -0.25) is 9.11 Å². The van der Waals surface area contributed by atoms with E-state index in [0.29, 0.717) is 12.0 Å². The van der Waals surface area contributed by atoms with E-state index in [1.54, 1.807) is 7.11 Å². The van der Waals surface area contributed by atoms with E-state index in [-0.39, 0.29) is 0 Å². The lowest BCUT2D eigenvalue weighted by Gasteiger charge is -2.34. The molecule has 17 heavy (non-hydrogen) atoms. The monoisotopic (exact) mass is 262 g/mol. The highest BCUT2D eigenvalue weighted by molar-refractivity contribution is 7.85. The number of hydrogen-bond donors (Lipinski definition) is 1. The molecule has 4 nitrogen and oxygen atoms in total. The molecule has 0 bridgehead atoms. The highest BCUT2D eigenvalue weighted by Crippen LogP contribution is 2.06. The fourth-order valence-corrected chi connectivity index (χ4v) is 3.12. The van der Waals surface area contributed by atoms with E-state index >= 15 is 0 Å². The lowest BCUT2D eigenvalue weighted by Crippen LogP contribution is -2.50. The maximum absolute atomic E-state index is 11.3. The summed E-state index contributed by atoms with van der Waals surface area (Å²) in [6, 6.07) is 0.413. The van der Waals surface area contributed by atoms with Crippen molar-refractivity contribution >= 4 is 10.8 Å². The van der Waals surface area contributed by atoms with Crippen molar-refractivity contribution < 1.29 is 8.95 Å². The van der Waals surface area contributed by atoms with Crippen LogP contribution in [0.5, 0.6) is 0 Å². The molecule has 0 spiro atoms. The van der Waals surface area contributed by atoms with Crippen LogP contribution in [0.2, 0.25) is 0 Å². The highest BCUT2D eigenvalue weighted by atomic mass is 32.2.